The third-order valence-corrected chi connectivity index (χ3v) is 5.21. The molecule has 0 radical (unpaired) electrons. The average molecular weight is 420 g/mol. The second-order valence-corrected chi connectivity index (χ2v) is 7.34. The number of aromatic nitrogens is 2. The molecule has 1 heterocycles. The zero-order valence-electron chi connectivity index (χ0n) is 15.6. The smallest absolute Gasteiger partial charge is 0.337 e. The number of nitrogens with zero attached hydrogens (tertiary/aromatic N) is 2. The number of nitrogens with one attached hydrogen (secondary N) is 1. The van der Waals surface area contributed by atoms with Gasteiger partial charge in [0.1, 0.15) is 5.82 Å². The molecule has 0 fully saturated rings. The Labute approximate surface area is 172 Å². The third kappa shape index (κ3) is 4.19. The van der Waals surface area contributed by atoms with E-state index in [0.717, 1.165) is 5.56 Å². The van der Waals surface area contributed by atoms with Crippen molar-refractivity contribution in [2.24, 2.45) is 0 Å². The molecule has 8 heteroatoms. The Morgan fingerprint density at radius 3 is 2.68 bits per heavy atom. The number of H-pyrrole nitrogens is 1. The molecule has 2 aromatic carbocycles. The number of halogens is 2. The van der Waals surface area contributed by atoms with Crippen LogP contribution >= 0.6 is 23.2 Å². The van der Waals surface area contributed by atoms with Gasteiger partial charge in [0.15, 0.2) is 0 Å². The average Bonchev–Trinajstić information content (AvgIpc) is 2.66. The minimum absolute atomic E-state index is 0.0350. The van der Waals surface area contributed by atoms with Crippen molar-refractivity contribution < 1.29 is 9.53 Å². The molecule has 0 aliphatic heterocycles. The summed E-state index contributed by atoms with van der Waals surface area (Å²) >= 11 is 12.3. The molecular weight excluding hydrogens is 401 g/mol. The van der Waals surface area contributed by atoms with Gasteiger partial charge in [-0.3, -0.25) is 9.69 Å². The fourth-order valence-corrected chi connectivity index (χ4v) is 3.52. The molecule has 0 amide bonds. The Balaban J connectivity index is 1.90. The minimum Gasteiger partial charge on any atom is -0.465 e. The summed E-state index contributed by atoms with van der Waals surface area (Å²) in [6, 6.07) is 10.0. The van der Waals surface area contributed by atoms with E-state index in [1.165, 1.54) is 7.11 Å². The number of rotatable bonds is 5. The molecule has 1 aromatic heterocycles. The van der Waals surface area contributed by atoms with E-state index in [2.05, 4.69) is 9.97 Å². The van der Waals surface area contributed by atoms with Crippen molar-refractivity contribution in [1.29, 1.82) is 0 Å². The summed E-state index contributed by atoms with van der Waals surface area (Å²) in [5, 5.41) is 1.56. The molecule has 1 atom stereocenters. The predicted octanol–water partition coefficient (Wildman–Crippen LogP) is 4.21. The standard InChI is InChI=1S/C20H19Cl2N3O3/c1-11(14-7-5-13(21)9-16(14)22)25(2)10-18-23-17-8-12(20(27)28-3)4-6-15(17)19(26)24-18/h4-9,11H,10H2,1-3H3,(H,23,24,26). The topological polar surface area (TPSA) is 75.3 Å². The molecule has 0 bridgehead atoms. The van der Waals surface area contributed by atoms with E-state index in [1.54, 1.807) is 30.3 Å². The van der Waals surface area contributed by atoms with Gasteiger partial charge in [-0.2, -0.15) is 0 Å². The Kier molecular flexibility index (Phi) is 6.03. The van der Waals surface area contributed by atoms with Gasteiger partial charge < -0.3 is 9.72 Å². The number of benzene rings is 2. The highest BCUT2D eigenvalue weighted by Crippen LogP contribution is 2.29. The quantitative estimate of drug-likeness (QED) is 0.626. The largest absolute Gasteiger partial charge is 0.465 e. The van der Waals surface area contributed by atoms with Crippen molar-refractivity contribution in [3.63, 3.8) is 0 Å². The summed E-state index contributed by atoms with van der Waals surface area (Å²) in [5.74, 6) is 0.00704. The van der Waals surface area contributed by atoms with Crippen molar-refractivity contribution in [3.05, 3.63) is 73.7 Å². The number of aromatic amines is 1. The molecule has 0 spiro atoms. The Hall–Kier alpha value is -2.41. The fourth-order valence-electron chi connectivity index (χ4n) is 2.96. The number of ether oxygens (including phenoxy) is 1. The van der Waals surface area contributed by atoms with Crippen molar-refractivity contribution in [2.75, 3.05) is 14.2 Å². The highest BCUT2D eigenvalue weighted by Gasteiger charge is 2.17. The van der Waals surface area contributed by atoms with Gasteiger partial charge in [-0.1, -0.05) is 29.3 Å². The number of carbonyl (C=O) groups is 1. The molecule has 1 unspecified atom stereocenters. The lowest BCUT2D eigenvalue weighted by molar-refractivity contribution is 0.0601. The van der Waals surface area contributed by atoms with Crippen LogP contribution in [-0.4, -0.2) is 35.0 Å². The number of fused-ring (bicyclic) bond motifs is 1. The van der Waals surface area contributed by atoms with E-state index in [0.29, 0.717) is 38.9 Å². The summed E-state index contributed by atoms with van der Waals surface area (Å²) in [6.45, 7) is 2.39. The maximum absolute atomic E-state index is 12.4. The third-order valence-electron chi connectivity index (χ3n) is 4.65. The summed E-state index contributed by atoms with van der Waals surface area (Å²) in [5.41, 5.74) is 1.44. The zero-order chi connectivity index (χ0) is 20.4. The van der Waals surface area contributed by atoms with Gasteiger partial charge in [0.2, 0.25) is 0 Å². The van der Waals surface area contributed by atoms with Crippen LogP contribution in [0.5, 0.6) is 0 Å². The van der Waals surface area contributed by atoms with Gasteiger partial charge >= 0.3 is 5.97 Å². The van der Waals surface area contributed by atoms with Crippen LogP contribution in [0.4, 0.5) is 0 Å². The normalized spacial score (nSPS) is 12.4. The van der Waals surface area contributed by atoms with Crippen LogP contribution < -0.4 is 5.56 Å². The fraction of sp³-hybridized carbons (Fsp3) is 0.250. The first-order valence-corrected chi connectivity index (χ1v) is 9.32. The van der Waals surface area contributed by atoms with E-state index in [4.69, 9.17) is 27.9 Å². The molecule has 0 saturated heterocycles. The SMILES string of the molecule is COC(=O)c1ccc2c(=O)[nH]c(CN(C)C(C)c3ccc(Cl)cc3Cl)nc2c1. The van der Waals surface area contributed by atoms with E-state index in [9.17, 15) is 9.59 Å². The second-order valence-electron chi connectivity index (χ2n) is 6.49. The van der Waals surface area contributed by atoms with E-state index in [1.807, 2.05) is 24.9 Å². The van der Waals surface area contributed by atoms with Crippen molar-refractivity contribution in [2.45, 2.75) is 19.5 Å². The Morgan fingerprint density at radius 2 is 2.00 bits per heavy atom. The van der Waals surface area contributed by atoms with Gasteiger partial charge in [-0.25, -0.2) is 9.78 Å². The van der Waals surface area contributed by atoms with Gasteiger partial charge in [0.05, 0.1) is 30.1 Å². The van der Waals surface area contributed by atoms with Crippen molar-refractivity contribution in [1.82, 2.24) is 14.9 Å². The van der Waals surface area contributed by atoms with Crippen LogP contribution in [0.15, 0.2) is 41.2 Å². The molecule has 0 saturated carbocycles. The zero-order valence-corrected chi connectivity index (χ0v) is 17.1. The summed E-state index contributed by atoms with van der Waals surface area (Å²) in [7, 11) is 3.21. The maximum atomic E-state index is 12.4. The van der Waals surface area contributed by atoms with Crippen LogP contribution in [-0.2, 0) is 11.3 Å². The van der Waals surface area contributed by atoms with Gasteiger partial charge in [-0.15, -0.1) is 0 Å². The van der Waals surface area contributed by atoms with Gasteiger partial charge in [-0.05, 0) is 49.9 Å². The number of methoxy groups -OCH3 is 1. The number of hydrogen-bond acceptors (Lipinski definition) is 5. The maximum Gasteiger partial charge on any atom is 0.337 e. The lowest BCUT2D eigenvalue weighted by Gasteiger charge is -2.25. The Bertz CT molecular complexity index is 1100. The van der Waals surface area contributed by atoms with Gasteiger partial charge in [0.25, 0.3) is 5.56 Å². The van der Waals surface area contributed by atoms with Gasteiger partial charge in [0, 0.05) is 16.1 Å². The molecule has 146 valence electrons. The number of carbonyl (C=O) groups excluding carboxylic acids is 1. The highest BCUT2D eigenvalue weighted by atomic mass is 35.5. The lowest BCUT2D eigenvalue weighted by Crippen LogP contribution is -2.25. The molecule has 0 aliphatic rings. The first-order valence-electron chi connectivity index (χ1n) is 8.56. The van der Waals surface area contributed by atoms with Crippen molar-refractivity contribution >= 4 is 40.1 Å². The van der Waals surface area contributed by atoms with Crippen LogP contribution in [0.2, 0.25) is 10.0 Å². The van der Waals surface area contributed by atoms with Crippen LogP contribution in [0.1, 0.15) is 34.7 Å². The predicted molar refractivity (Wildman–Crippen MR) is 110 cm³/mol. The van der Waals surface area contributed by atoms with Crippen LogP contribution in [0.25, 0.3) is 10.9 Å². The molecule has 3 aromatic rings. The Morgan fingerprint density at radius 1 is 1.25 bits per heavy atom. The summed E-state index contributed by atoms with van der Waals surface area (Å²) in [6.07, 6.45) is 0. The molecule has 28 heavy (non-hydrogen) atoms. The molecule has 1 N–H and O–H groups in total. The molecular formula is C20H19Cl2N3O3. The lowest BCUT2D eigenvalue weighted by atomic mass is 10.1. The van der Waals surface area contributed by atoms with Crippen molar-refractivity contribution in [3.8, 4) is 0 Å². The van der Waals surface area contributed by atoms with E-state index >= 15 is 0 Å². The van der Waals surface area contributed by atoms with Crippen LogP contribution in [0, 0.1) is 0 Å². The number of esters is 1. The first kappa shape index (κ1) is 20.3. The van der Waals surface area contributed by atoms with E-state index in [-0.39, 0.29) is 11.6 Å². The molecule has 3 rings (SSSR count). The summed E-state index contributed by atoms with van der Waals surface area (Å²) < 4.78 is 4.73. The highest BCUT2D eigenvalue weighted by molar-refractivity contribution is 6.35. The monoisotopic (exact) mass is 419 g/mol. The molecule has 6 nitrogen and oxygen atoms in total. The van der Waals surface area contributed by atoms with Crippen LogP contribution in [0.3, 0.4) is 0 Å². The number of hydrogen-bond donors (Lipinski definition) is 1. The first-order chi connectivity index (χ1) is 13.3. The second kappa shape index (κ2) is 8.31. The molecule has 0 aliphatic carbocycles. The minimum atomic E-state index is -0.478. The summed E-state index contributed by atoms with van der Waals surface area (Å²) in [4.78, 5) is 33.4. The van der Waals surface area contributed by atoms with E-state index < -0.39 is 5.97 Å².